The lowest BCUT2D eigenvalue weighted by molar-refractivity contribution is -0.115. The Labute approximate surface area is 184 Å². The molecule has 1 heterocycles. The van der Waals surface area contributed by atoms with Crippen LogP contribution in [0.1, 0.15) is 33.6 Å². The lowest BCUT2D eigenvalue weighted by Crippen LogP contribution is -2.42. The van der Waals surface area contributed by atoms with E-state index in [1.165, 1.54) is 33.7 Å². The largest absolute Gasteiger partial charge is 0.435 e. The van der Waals surface area contributed by atoms with Crippen LogP contribution in [0.2, 0.25) is 0 Å². The summed E-state index contributed by atoms with van der Waals surface area (Å²) in [4.78, 5) is 41.3. The van der Waals surface area contributed by atoms with Gasteiger partial charge in [-0.25, -0.2) is 4.79 Å². The Kier molecular flexibility index (Phi) is 8.80. The van der Waals surface area contributed by atoms with Gasteiger partial charge in [0.15, 0.2) is 0 Å². The zero-order chi connectivity index (χ0) is 23.8. The number of amides is 1. The molecule has 11 heteroatoms. The number of H-pyrrole nitrogens is 1. The fraction of sp³-hybridized carbons (Fsp3) is 0.476. The fourth-order valence-electron chi connectivity index (χ4n) is 3.14. The number of hydrogen-bond donors (Lipinski definition) is 3. The molecule has 0 unspecified atom stereocenters. The molecule has 0 spiro atoms. The average Bonchev–Trinajstić information content (AvgIpc) is 2.70. The number of carbonyl (C=O) groups is 1. The van der Waals surface area contributed by atoms with E-state index in [4.69, 9.17) is 5.73 Å². The summed E-state index contributed by atoms with van der Waals surface area (Å²) in [7, 11) is 0. The molecule has 0 radical (unpaired) electrons. The Morgan fingerprint density at radius 3 is 2.47 bits per heavy atom. The Morgan fingerprint density at radius 1 is 1.25 bits per heavy atom. The van der Waals surface area contributed by atoms with Crippen molar-refractivity contribution in [1.82, 2.24) is 9.55 Å². The van der Waals surface area contributed by atoms with Gasteiger partial charge in [0.1, 0.15) is 17.3 Å². The number of nitrogens with two attached hydrogens (primary N) is 1. The van der Waals surface area contributed by atoms with Crippen molar-refractivity contribution in [3.05, 3.63) is 45.1 Å². The van der Waals surface area contributed by atoms with Crippen LogP contribution in [-0.2, 0) is 11.3 Å². The van der Waals surface area contributed by atoms with E-state index >= 15 is 0 Å². The number of rotatable bonds is 11. The van der Waals surface area contributed by atoms with Crippen molar-refractivity contribution in [2.45, 2.75) is 46.8 Å². The van der Waals surface area contributed by atoms with Crippen molar-refractivity contribution >= 4 is 23.1 Å². The number of carbonyl (C=O) groups excluding carboxylic acids is 1. The SMILES string of the molecule is CCCCN(CC(=O)Nc1ccc(OC(F)F)cc1)c1c(N)n(CC(C)C)c(=O)[nH]c1=O. The van der Waals surface area contributed by atoms with Gasteiger partial charge in [-0.15, -0.1) is 0 Å². The second kappa shape index (κ2) is 11.3. The maximum absolute atomic E-state index is 12.6. The number of benzene rings is 1. The quantitative estimate of drug-likeness (QED) is 0.481. The van der Waals surface area contributed by atoms with Gasteiger partial charge < -0.3 is 20.7 Å². The number of nitrogens with one attached hydrogen (secondary N) is 2. The number of anilines is 3. The first kappa shape index (κ1) is 24.9. The van der Waals surface area contributed by atoms with Crippen LogP contribution in [0.4, 0.5) is 26.0 Å². The van der Waals surface area contributed by atoms with Crippen molar-refractivity contribution in [2.24, 2.45) is 5.92 Å². The van der Waals surface area contributed by atoms with Crippen molar-refractivity contribution < 1.29 is 18.3 Å². The van der Waals surface area contributed by atoms with Crippen LogP contribution >= 0.6 is 0 Å². The maximum atomic E-state index is 12.6. The molecule has 0 fully saturated rings. The zero-order valence-electron chi connectivity index (χ0n) is 18.4. The summed E-state index contributed by atoms with van der Waals surface area (Å²) < 4.78 is 30.1. The van der Waals surface area contributed by atoms with Crippen LogP contribution in [-0.4, -0.2) is 35.2 Å². The number of halogens is 2. The first-order chi connectivity index (χ1) is 15.1. The standard InChI is InChI=1S/C21H29F2N5O4/c1-4-5-10-27(17-18(24)28(11-13(2)3)21(31)26-19(17)30)12-16(29)25-14-6-8-15(9-7-14)32-20(22)23/h6-9,13,20H,4-5,10-12,24H2,1-3H3,(H,25,29)(H,26,30,31). The van der Waals surface area contributed by atoms with E-state index in [9.17, 15) is 23.2 Å². The minimum absolute atomic E-state index is 0.00449. The van der Waals surface area contributed by atoms with Crippen molar-refractivity contribution in [1.29, 1.82) is 0 Å². The number of nitrogen functional groups attached to an aromatic ring is 1. The summed E-state index contributed by atoms with van der Waals surface area (Å²) in [5.74, 6) is -0.360. The summed E-state index contributed by atoms with van der Waals surface area (Å²) in [5, 5.41) is 2.65. The van der Waals surface area contributed by atoms with Gasteiger partial charge in [0.05, 0.1) is 6.54 Å². The van der Waals surface area contributed by atoms with Crippen LogP contribution in [0.15, 0.2) is 33.9 Å². The van der Waals surface area contributed by atoms with Gasteiger partial charge in [-0.2, -0.15) is 8.78 Å². The van der Waals surface area contributed by atoms with Crippen molar-refractivity contribution in [2.75, 3.05) is 29.0 Å². The fourth-order valence-corrected chi connectivity index (χ4v) is 3.14. The van der Waals surface area contributed by atoms with Gasteiger partial charge in [0, 0.05) is 18.8 Å². The van der Waals surface area contributed by atoms with Crippen LogP contribution in [0.5, 0.6) is 5.75 Å². The second-order valence-electron chi connectivity index (χ2n) is 7.72. The molecular formula is C21H29F2N5O4. The monoisotopic (exact) mass is 453 g/mol. The molecule has 2 aromatic rings. The van der Waals surface area contributed by atoms with Gasteiger partial charge in [-0.1, -0.05) is 27.2 Å². The highest BCUT2D eigenvalue weighted by molar-refractivity contribution is 5.94. The predicted molar refractivity (Wildman–Crippen MR) is 119 cm³/mol. The summed E-state index contributed by atoms with van der Waals surface area (Å²) in [6.07, 6.45) is 1.50. The molecular weight excluding hydrogens is 424 g/mol. The second-order valence-corrected chi connectivity index (χ2v) is 7.72. The molecule has 0 aliphatic carbocycles. The molecule has 0 saturated carbocycles. The van der Waals surface area contributed by atoms with E-state index in [0.717, 1.165) is 6.42 Å². The number of ether oxygens (including phenoxy) is 1. The first-order valence-electron chi connectivity index (χ1n) is 10.3. The van der Waals surface area contributed by atoms with Gasteiger partial charge >= 0.3 is 12.3 Å². The van der Waals surface area contributed by atoms with E-state index in [1.807, 2.05) is 20.8 Å². The van der Waals surface area contributed by atoms with Crippen LogP contribution in [0, 0.1) is 5.92 Å². The molecule has 32 heavy (non-hydrogen) atoms. The normalized spacial score (nSPS) is 11.1. The number of hydrogen-bond acceptors (Lipinski definition) is 6. The van der Waals surface area contributed by atoms with E-state index in [2.05, 4.69) is 15.0 Å². The summed E-state index contributed by atoms with van der Waals surface area (Å²) >= 11 is 0. The molecule has 1 amide bonds. The van der Waals surface area contributed by atoms with Gasteiger partial charge in [0.2, 0.25) is 5.91 Å². The van der Waals surface area contributed by atoms with Gasteiger partial charge in [0.25, 0.3) is 5.56 Å². The minimum atomic E-state index is -2.94. The predicted octanol–water partition coefficient (Wildman–Crippen LogP) is 2.62. The van der Waals surface area contributed by atoms with Gasteiger partial charge in [-0.3, -0.25) is 19.1 Å². The topological polar surface area (TPSA) is 122 Å². The molecule has 9 nitrogen and oxygen atoms in total. The highest BCUT2D eigenvalue weighted by atomic mass is 19.3. The van der Waals surface area contributed by atoms with Crippen molar-refractivity contribution in [3.8, 4) is 5.75 Å². The minimum Gasteiger partial charge on any atom is -0.435 e. The maximum Gasteiger partial charge on any atom is 0.387 e. The van der Waals surface area contributed by atoms with E-state index in [-0.39, 0.29) is 29.7 Å². The first-order valence-corrected chi connectivity index (χ1v) is 10.3. The molecule has 0 aliphatic heterocycles. The highest BCUT2D eigenvalue weighted by Gasteiger charge is 2.21. The van der Waals surface area contributed by atoms with Crippen LogP contribution in [0.3, 0.4) is 0 Å². The molecule has 176 valence electrons. The third-order valence-corrected chi connectivity index (χ3v) is 4.56. The Morgan fingerprint density at radius 2 is 1.91 bits per heavy atom. The average molecular weight is 453 g/mol. The molecule has 0 bridgehead atoms. The Hall–Kier alpha value is -3.37. The summed E-state index contributed by atoms with van der Waals surface area (Å²) in [6.45, 7) is 3.35. The third kappa shape index (κ3) is 6.82. The van der Waals surface area contributed by atoms with Crippen molar-refractivity contribution in [3.63, 3.8) is 0 Å². The number of nitrogens with zero attached hydrogens (tertiary/aromatic N) is 2. The molecule has 0 saturated heterocycles. The number of alkyl halides is 2. The van der Waals surface area contributed by atoms with E-state index < -0.39 is 23.8 Å². The smallest absolute Gasteiger partial charge is 0.387 e. The Balaban J connectivity index is 2.26. The van der Waals surface area contributed by atoms with Crippen LogP contribution < -0.4 is 31.9 Å². The van der Waals surface area contributed by atoms with Crippen LogP contribution in [0.25, 0.3) is 0 Å². The van der Waals surface area contributed by atoms with Gasteiger partial charge in [-0.05, 0) is 36.6 Å². The molecule has 2 rings (SSSR count). The highest BCUT2D eigenvalue weighted by Crippen LogP contribution is 2.20. The molecule has 0 aliphatic rings. The zero-order valence-corrected chi connectivity index (χ0v) is 18.4. The number of unbranched alkanes of at least 4 members (excludes halogenated alkanes) is 1. The lowest BCUT2D eigenvalue weighted by atomic mass is 10.2. The van der Waals surface area contributed by atoms with E-state index in [1.54, 1.807) is 0 Å². The third-order valence-electron chi connectivity index (χ3n) is 4.56. The number of aromatic amines is 1. The molecule has 1 aromatic heterocycles. The lowest BCUT2D eigenvalue weighted by Gasteiger charge is -2.26. The van der Waals surface area contributed by atoms with E-state index in [0.29, 0.717) is 25.2 Å². The summed E-state index contributed by atoms with van der Waals surface area (Å²) in [5.41, 5.74) is 5.36. The Bertz CT molecular complexity index is 1020. The summed E-state index contributed by atoms with van der Waals surface area (Å²) in [6, 6.07) is 5.47. The molecule has 0 atom stereocenters. The number of aromatic nitrogens is 2. The molecule has 4 N–H and O–H groups in total. The molecule has 1 aromatic carbocycles.